The number of nitrogens with zero attached hydrogens (tertiary/aromatic N) is 1. The van der Waals surface area contributed by atoms with Crippen LogP contribution < -0.4 is 15.4 Å². The molecule has 3 amide bonds. The Hall–Kier alpha value is -3.16. The summed E-state index contributed by atoms with van der Waals surface area (Å²) in [5.41, 5.74) is 1.27. The number of fused-ring (bicyclic) bond motifs is 1. The second-order valence-electron chi connectivity index (χ2n) is 9.96. The normalized spacial score (nSPS) is 27.3. The lowest BCUT2D eigenvalue weighted by Gasteiger charge is -2.56. The molecule has 174 valence electrons. The summed E-state index contributed by atoms with van der Waals surface area (Å²) in [6.45, 7) is 1.17. The van der Waals surface area contributed by atoms with Crippen molar-refractivity contribution in [1.82, 2.24) is 15.6 Å². The van der Waals surface area contributed by atoms with Crippen LogP contribution in [0.25, 0.3) is 10.9 Å². The van der Waals surface area contributed by atoms with Gasteiger partial charge in [0.15, 0.2) is 6.61 Å². The third kappa shape index (κ3) is 4.38. The van der Waals surface area contributed by atoms with Crippen molar-refractivity contribution >= 4 is 28.8 Å². The van der Waals surface area contributed by atoms with Crippen molar-refractivity contribution in [2.45, 2.75) is 51.0 Å². The Bertz CT molecular complexity index is 1090. The molecule has 4 bridgehead atoms. The summed E-state index contributed by atoms with van der Waals surface area (Å²) >= 11 is 0. The molecule has 4 fully saturated rings. The van der Waals surface area contributed by atoms with Crippen LogP contribution in [0.2, 0.25) is 0 Å². The largest absolute Gasteiger partial charge is 0.497 e. The number of pyridine rings is 1. The average Bonchev–Trinajstić information content (AvgIpc) is 2.75. The molecule has 1 aromatic carbocycles. The van der Waals surface area contributed by atoms with E-state index >= 15 is 0 Å². The smallest absolute Gasteiger partial charge is 0.340 e. The molecular formula is C25H29N3O5. The van der Waals surface area contributed by atoms with Crippen LogP contribution in [-0.2, 0) is 9.53 Å². The quantitative estimate of drug-likeness (QED) is 0.674. The summed E-state index contributed by atoms with van der Waals surface area (Å²) in [7, 11) is 1.58. The van der Waals surface area contributed by atoms with E-state index in [2.05, 4.69) is 15.6 Å². The number of carbonyl (C=O) groups is 3. The molecule has 0 aliphatic heterocycles. The van der Waals surface area contributed by atoms with Crippen molar-refractivity contribution < 1.29 is 23.9 Å². The predicted octanol–water partition coefficient (Wildman–Crippen LogP) is 3.50. The van der Waals surface area contributed by atoms with Crippen LogP contribution in [0.4, 0.5) is 4.79 Å². The molecule has 4 aliphatic carbocycles. The van der Waals surface area contributed by atoms with Gasteiger partial charge < -0.3 is 14.8 Å². The summed E-state index contributed by atoms with van der Waals surface area (Å²) in [6.07, 6.45) is 6.80. The zero-order valence-corrected chi connectivity index (χ0v) is 19.0. The summed E-state index contributed by atoms with van der Waals surface area (Å²) in [4.78, 5) is 41.8. The van der Waals surface area contributed by atoms with Crippen molar-refractivity contribution in [3.05, 3.63) is 35.5 Å². The first-order valence-electron chi connectivity index (χ1n) is 11.6. The van der Waals surface area contributed by atoms with Gasteiger partial charge in [-0.25, -0.2) is 9.59 Å². The van der Waals surface area contributed by atoms with E-state index in [-0.39, 0.29) is 11.1 Å². The maximum atomic E-state index is 12.6. The molecule has 8 nitrogen and oxygen atoms in total. The molecule has 1 heterocycles. The van der Waals surface area contributed by atoms with Crippen molar-refractivity contribution in [1.29, 1.82) is 0 Å². The molecule has 2 N–H and O–H groups in total. The molecule has 0 unspecified atom stereocenters. The lowest BCUT2D eigenvalue weighted by atomic mass is 9.53. The van der Waals surface area contributed by atoms with Crippen molar-refractivity contribution in [2.24, 2.45) is 17.8 Å². The fourth-order valence-corrected chi connectivity index (χ4v) is 6.48. The van der Waals surface area contributed by atoms with Gasteiger partial charge >= 0.3 is 12.0 Å². The number of ether oxygens (including phenoxy) is 2. The number of imide groups is 1. The molecule has 0 saturated heterocycles. The van der Waals surface area contributed by atoms with Gasteiger partial charge in [-0.1, -0.05) is 0 Å². The Labute approximate surface area is 192 Å². The van der Waals surface area contributed by atoms with E-state index < -0.39 is 24.5 Å². The third-order valence-corrected chi connectivity index (χ3v) is 7.44. The highest BCUT2D eigenvalue weighted by Gasteiger charge is 2.51. The van der Waals surface area contributed by atoms with E-state index in [0.29, 0.717) is 34.7 Å². The van der Waals surface area contributed by atoms with Crippen LogP contribution >= 0.6 is 0 Å². The van der Waals surface area contributed by atoms with Gasteiger partial charge in [0.25, 0.3) is 5.91 Å². The minimum Gasteiger partial charge on any atom is -0.497 e. The van der Waals surface area contributed by atoms with Gasteiger partial charge in [-0.15, -0.1) is 0 Å². The molecule has 6 rings (SSSR count). The molecule has 33 heavy (non-hydrogen) atoms. The summed E-state index contributed by atoms with van der Waals surface area (Å²) < 4.78 is 10.4. The second kappa shape index (κ2) is 8.32. The van der Waals surface area contributed by atoms with Gasteiger partial charge in [0.1, 0.15) is 5.75 Å². The van der Waals surface area contributed by atoms with Gasteiger partial charge in [-0.2, -0.15) is 0 Å². The fraction of sp³-hybridized carbons (Fsp3) is 0.520. The maximum Gasteiger partial charge on any atom is 0.340 e. The van der Waals surface area contributed by atoms with Crippen LogP contribution in [0.5, 0.6) is 5.75 Å². The SMILES string of the molecule is COc1ccc2cc(C(=O)OCC(=O)NC(=O)NC34CC5CC(CC(C5)C3)C4)c(C)nc2c1. The summed E-state index contributed by atoms with van der Waals surface area (Å²) in [5, 5.41) is 6.16. The van der Waals surface area contributed by atoms with E-state index in [0.717, 1.165) is 24.6 Å². The van der Waals surface area contributed by atoms with Gasteiger partial charge in [-0.05, 0) is 81.4 Å². The van der Waals surface area contributed by atoms with E-state index in [1.54, 1.807) is 38.3 Å². The first kappa shape index (κ1) is 21.7. The number of benzene rings is 1. The minimum atomic E-state index is -0.658. The Morgan fingerprint density at radius 3 is 2.36 bits per heavy atom. The van der Waals surface area contributed by atoms with Gasteiger partial charge in [0.2, 0.25) is 0 Å². The van der Waals surface area contributed by atoms with E-state index in [4.69, 9.17) is 9.47 Å². The van der Waals surface area contributed by atoms with E-state index in [1.807, 2.05) is 0 Å². The topological polar surface area (TPSA) is 107 Å². The highest BCUT2D eigenvalue weighted by atomic mass is 16.5. The lowest BCUT2D eigenvalue weighted by molar-refractivity contribution is -0.123. The molecule has 0 spiro atoms. The highest BCUT2D eigenvalue weighted by Crippen LogP contribution is 2.55. The molecule has 4 aliphatic rings. The van der Waals surface area contributed by atoms with Crippen LogP contribution in [0.15, 0.2) is 24.3 Å². The van der Waals surface area contributed by atoms with Gasteiger partial charge in [0, 0.05) is 17.0 Å². The number of urea groups is 1. The number of aryl methyl sites for hydroxylation is 1. The molecule has 1 aromatic heterocycles. The summed E-state index contributed by atoms with van der Waals surface area (Å²) in [6, 6.07) is 6.55. The van der Waals surface area contributed by atoms with Crippen LogP contribution in [0, 0.1) is 24.7 Å². The first-order chi connectivity index (χ1) is 15.8. The van der Waals surface area contributed by atoms with Gasteiger partial charge in [-0.3, -0.25) is 15.1 Å². The number of amides is 3. The van der Waals surface area contributed by atoms with Crippen LogP contribution in [0.1, 0.15) is 54.6 Å². The molecular weight excluding hydrogens is 422 g/mol. The molecule has 0 radical (unpaired) electrons. The van der Waals surface area contributed by atoms with Gasteiger partial charge in [0.05, 0.1) is 23.9 Å². The number of carbonyl (C=O) groups excluding carboxylic acids is 3. The van der Waals surface area contributed by atoms with Crippen molar-refractivity contribution in [3.63, 3.8) is 0 Å². The van der Waals surface area contributed by atoms with E-state index in [1.165, 1.54) is 19.3 Å². The lowest BCUT2D eigenvalue weighted by Crippen LogP contribution is -2.62. The number of rotatable bonds is 5. The zero-order valence-electron chi connectivity index (χ0n) is 19.0. The molecule has 2 aromatic rings. The highest BCUT2D eigenvalue weighted by molar-refractivity contribution is 5.99. The maximum absolute atomic E-state index is 12.6. The number of hydrogen-bond acceptors (Lipinski definition) is 6. The summed E-state index contributed by atoms with van der Waals surface area (Å²) in [5.74, 6) is 1.43. The predicted molar refractivity (Wildman–Crippen MR) is 121 cm³/mol. The number of esters is 1. The zero-order chi connectivity index (χ0) is 23.2. The Balaban J connectivity index is 1.16. The van der Waals surface area contributed by atoms with Crippen molar-refractivity contribution in [2.75, 3.05) is 13.7 Å². The fourth-order valence-electron chi connectivity index (χ4n) is 6.48. The molecule has 4 saturated carbocycles. The first-order valence-corrected chi connectivity index (χ1v) is 11.6. The Morgan fingerprint density at radius 1 is 1.06 bits per heavy atom. The number of hydrogen-bond donors (Lipinski definition) is 2. The van der Waals surface area contributed by atoms with E-state index in [9.17, 15) is 14.4 Å². The number of methoxy groups -OCH3 is 1. The Kier molecular flexibility index (Phi) is 5.46. The third-order valence-electron chi connectivity index (χ3n) is 7.44. The molecule has 8 heteroatoms. The van der Waals surface area contributed by atoms with Crippen LogP contribution in [-0.4, -0.2) is 42.1 Å². The monoisotopic (exact) mass is 451 g/mol. The standard InChI is InChI=1S/C25H29N3O5/c1-14-20(8-18-3-4-19(32-2)9-21(18)26-14)23(30)33-13-22(29)27-24(31)28-25-10-15-5-16(11-25)7-17(6-15)12-25/h3-4,8-9,15-17H,5-7,10-13H2,1-2H3,(H2,27,28,29,31). The number of nitrogens with one attached hydrogen (secondary N) is 2. The average molecular weight is 452 g/mol. The molecule has 0 atom stereocenters. The Morgan fingerprint density at radius 2 is 1.73 bits per heavy atom. The van der Waals surface area contributed by atoms with Crippen LogP contribution in [0.3, 0.4) is 0 Å². The minimum absolute atomic E-state index is 0.188. The second-order valence-corrected chi connectivity index (χ2v) is 9.96. The van der Waals surface area contributed by atoms with Crippen molar-refractivity contribution in [3.8, 4) is 5.75 Å². The number of aromatic nitrogens is 1.